The minimum absolute atomic E-state index is 0.295. The van der Waals surface area contributed by atoms with E-state index >= 15 is 0 Å². The van der Waals surface area contributed by atoms with Crippen LogP contribution < -0.4 is 4.35 Å². The number of aromatic amines is 1. The van der Waals surface area contributed by atoms with Crippen molar-refractivity contribution in [3.8, 4) is 0 Å². The molecule has 2 rings (SSSR count). The Bertz CT molecular complexity index is 504. The zero-order chi connectivity index (χ0) is 10.8. The van der Waals surface area contributed by atoms with Crippen molar-refractivity contribution in [1.82, 2.24) is 4.98 Å². The average Bonchev–Trinajstić information content (AvgIpc) is 2.60. The Labute approximate surface area is 96.3 Å². The third-order valence-corrected chi connectivity index (χ3v) is 2.89. The summed E-state index contributed by atoms with van der Waals surface area (Å²) in [5.74, 6) is -0.295. The Morgan fingerprint density at radius 3 is 3.00 bits per heavy atom. The number of hydrogen-bond donors (Lipinski definition) is 1. The summed E-state index contributed by atoms with van der Waals surface area (Å²) < 4.78 is 6.16. The van der Waals surface area contributed by atoms with E-state index in [2.05, 4.69) is 11.1 Å². The Balaban J connectivity index is 2.42. The van der Waals surface area contributed by atoms with Gasteiger partial charge in [-0.2, -0.15) is 0 Å². The molecular formula is C11H12AsNO2. The normalized spacial score (nSPS) is 10.5. The molecule has 1 N–H and O–H groups in total. The molecule has 1 aromatic heterocycles. The second-order valence-electron chi connectivity index (χ2n) is 3.25. The van der Waals surface area contributed by atoms with Crippen LogP contribution in [0.25, 0.3) is 10.9 Å². The van der Waals surface area contributed by atoms with E-state index in [0.29, 0.717) is 12.3 Å². The number of ether oxygens (including phenoxy) is 1. The maximum atomic E-state index is 11.4. The number of esters is 1. The average molecular weight is 265 g/mol. The molecule has 3 nitrogen and oxygen atoms in total. The number of benzene rings is 1. The molecule has 0 saturated carbocycles. The van der Waals surface area contributed by atoms with Gasteiger partial charge in [0.2, 0.25) is 0 Å². The van der Waals surface area contributed by atoms with E-state index in [0.717, 1.165) is 10.9 Å². The Kier molecular flexibility index (Phi) is 2.83. The van der Waals surface area contributed by atoms with Crippen LogP contribution in [0.1, 0.15) is 17.4 Å². The van der Waals surface area contributed by atoms with Crippen molar-refractivity contribution in [3.05, 3.63) is 30.0 Å². The molecule has 0 bridgehead atoms. The number of nitrogens with one attached hydrogen (secondary N) is 1. The van der Waals surface area contributed by atoms with E-state index in [1.807, 2.05) is 18.2 Å². The van der Waals surface area contributed by atoms with Crippen LogP contribution in [-0.2, 0) is 4.74 Å². The van der Waals surface area contributed by atoms with Gasteiger partial charge in [-0.25, -0.2) is 0 Å². The van der Waals surface area contributed by atoms with E-state index in [-0.39, 0.29) is 5.97 Å². The Hall–Kier alpha value is -1.21. The van der Waals surface area contributed by atoms with Crippen LogP contribution in [0.4, 0.5) is 0 Å². The first-order valence-electron chi connectivity index (χ1n) is 4.76. The van der Waals surface area contributed by atoms with Crippen LogP contribution in [0.3, 0.4) is 0 Å². The minimum atomic E-state index is -0.295. The Morgan fingerprint density at radius 1 is 1.47 bits per heavy atom. The summed E-state index contributed by atoms with van der Waals surface area (Å²) in [6.07, 6.45) is 0. The van der Waals surface area contributed by atoms with E-state index in [1.54, 1.807) is 23.8 Å². The van der Waals surface area contributed by atoms with Gasteiger partial charge in [0.15, 0.2) is 0 Å². The topological polar surface area (TPSA) is 42.1 Å². The molecule has 0 amide bonds. The van der Waals surface area contributed by atoms with Gasteiger partial charge in [-0.05, 0) is 0 Å². The fraction of sp³-hybridized carbons (Fsp3) is 0.182. The summed E-state index contributed by atoms with van der Waals surface area (Å²) >= 11 is 1.57. The van der Waals surface area contributed by atoms with Crippen molar-refractivity contribution >= 4 is 38.1 Å². The van der Waals surface area contributed by atoms with Crippen LogP contribution in [0, 0.1) is 0 Å². The van der Waals surface area contributed by atoms with Crippen LogP contribution in [0.15, 0.2) is 24.3 Å². The number of H-pyrrole nitrogens is 1. The fourth-order valence-corrected chi connectivity index (χ4v) is 2.05. The predicted octanol–water partition coefficient (Wildman–Crippen LogP) is 0.603. The molecule has 0 saturated heterocycles. The van der Waals surface area contributed by atoms with E-state index in [4.69, 9.17) is 4.74 Å². The van der Waals surface area contributed by atoms with Gasteiger partial charge in [0.1, 0.15) is 0 Å². The summed E-state index contributed by atoms with van der Waals surface area (Å²) in [5, 5.41) is 1.06. The van der Waals surface area contributed by atoms with Crippen molar-refractivity contribution in [3.63, 3.8) is 0 Å². The SMILES string of the molecule is CCOC(=O)c1cc2cc([AsH2])ccc2[nH]1. The molecule has 1 unspecified atom stereocenters. The molecule has 0 aliphatic heterocycles. The molecule has 0 aliphatic carbocycles. The van der Waals surface area contributed by atoms with Crippen molar-refractivity contribution in [2.24, 2.45) is 0 Å². The van der Waals surface area contributed by atoms with Crippen molar-refractivity contribution in [2.75, 3.05) is 6.61 Å². The van der Waals surface area contributed by atoms with E-state index < -0.39 is 0 Å². The number of rotatable bonds is 2. The molecule has 1 aromatic carbocycles. The van der Waals surface area contributed by atoms with E-state index in [1.165, 1.54) is 4.35 Å². The molecule has 0 radical (unpaired) electrons. The van der Waals surface area contributed by atoms with Gasteiger partial charge < -0.3 is 0 Å². The molecule has 1 heterocycles. The van der Waals surface area contributed by atoms with Crippen molar-refractivity contribution in [2.45, 2.75) is 6.92 Å². The third-order valence-electron chi connectivity index (χ3n) is 2.14. The van der Waals surface area contributed by atoms with Gasteiger partial charge in [-0.15, -0.1) is 0 Å². The molecule has 0 aliphatic rings. The molecule has 0 spiro atoms. The maximum absolute atomic E-state index is 11.4. The molecule has 78 valence electrons. The molecular weight excluding hydrogens is 253 g/mol. The van der Waals surface area contributed by atoms with Crippen LogP contribution in [0.2, 0.25) is 0 Å². The van der Waals surface area contributed by atoms with Gasteiger partial charge in [0.25, 0.3) is 0 Å². The van der Waals surface area contributed by atoms with E-state index in [9.17, 15) is 4.79 Å². The number of carbonyl (C=O) groups excluding carboxylic acids is 1. The number of hydrogen-bond acceptors (Lipinski definition) is 2. The molecule has 4 heteroatoms. The second-order valence-corrected chi connectivity index (χ2v) is 4.65. The Morgan fingerprint density at radius 2 is 2.27 bits per heavy atom. The van der Waals surface area contributed by atoms with Crippen LogP contribution in [-0.4, -0.2) is 34.4 Å². The number of fused-ring (bicyclic) bond motifs is 1. The number of aromatic nitrogens is 1. The third kappa shape index (κ3) is 2.07. The van der Waals surface area contributed by atoms with Crippen molar-refractivity contribution in [1.29, 1.82) is 0 Å². The predicted molar refractivity (Wildman–Crippen MR) is 62.4 cm³/mol. The van der Waals surface area contributed by atoms with Gasteiger partial charge in [-0.3, -0.25) is 0 Å². The van der Waals surface area contributed by atoms with Gasteiger partial charge in [0, 0.05) is 0 Å². The monoisotopic (exact) mass is 265 g/mol. The van der Waals surface area contributed by atoms with Gasteiger partial charge in [0.05, 0.1) is 0 Å². The quantitative estimate of drug-likeness (QED) is 0.638. The zero-order valence-corrected chi connectivity index (χ0v) is 10.8. The molecule has 0 fully saturated rings. The summed E-state index contributed by atoms with van der Waals surface area (Å²) in [6, 6.07) is 7.91. The van der Waals surface area contributed by atoms with Crippen molar-refractivity contribution < 1.29 is 9.53 Å². The van der Waals surface area contributed by atoms with Gasteiger partial charge >= 0.3 is 96.1 Å². The standard InChI is InChI=1S/C11H12AsNO2/c1-2-15-11(14)10-6-7-5-8(12)3-4-9(7)13-10/h3-6,13H,2,12H2,1H3. The first kappa shape index (κ1) is 10.3. The van der Waals surface area contributed by atoms with Crippen LogP contribution in [0.5, 0.6) is 0 Å². The first-order chi connectivity index (χ1) is 7.20. The summed E-state index contributed by atoms with van der Waals surface area (Å²) in [7, 11) is 0. The summed E-state index contributed by atoms with van der Waals surface area (Å²) in [6.45, 7) is 2.20. The zero-order valence-electron chi connectivity index (χ0n) is 8.41. The second kappa shape index (κ2) is 4.11. The van der Waals surface area contributed by atoms with Crippen LogP contribution >= 0.6 is 0 Å². The fourth-order valence-electron chi connectivity index (χ4n) is 1.47. The first-order valence-corrected chi connectivity index (χ1v) is 5.97. The summed E-state index contributed by atoms with van der Waals surface area (Å²) in [4.78, 5) is 14.5. The van der Waals surface area contributed by atoms with Gasteiger partial charge in [-0.1, -0.05) is 0 Å². The molecule has 15 heavy (non-hydrogen) atoms. The number of carbonyl (C=O) groups is 1. The summed E-state index contributed by atoms with van der Waals surface area (Å²) in [5.41, 5.74) is 1.49. The molecule has 2 aromatic rings. The molecule has 1 atom stereocenters.